The van der Waals surface area contributed by atoms with Gasteiger partial charge in [-0.2, -0.15) is 0 Å². The van der Waals surface area contributed by atoms with Crippen LogP contribution >= 0.6 is 0 Å². The van der Waals surface area contributed by atoms with E-state index < -0.39 is 30.4 Å². The summed E-state index contributed by atoms with van der Waals surface area (Å²) in [5.41, 5.74) is 6.89. The number of nitrogens with one attached hydrogen (secondary N) is 1. The number of ketones is 1. The molecule has 0 aromatic carbocycles. The molecule has 4 atom stereocenters. The third kappa shape index (κ3) is 5.47. The van der Waals surface area contributed by atoms with Crippen LogP contribution in [0.5, 0.6) is 0 Å². The van der Waals surface area contributed by atoms with Gasteiger partial charge in [0.05, 0.1) is 6.33 Å². The lowest BCUT2D eigenvalue weighted by Crippen LogP contribution is -2.43. The average Bonchev–Trinajstić information content (AvgIpc) is 3.55. The van der Waals surface area contributed by atoms with E-state index in [0.717, 1.165) is 38.5 Å². The molecule has 2 saturated heterocycles. The molecule has 5 N–H and O–H groups in total. The van der Waals surface area contributed by atoms with E-state index in [4.69, 9.17) is 15.2 Å². The molecule has 2 aliphatic heterocycles. The first-order chi connectivity index (χ1) is 19.3. The van der Waals surface area contributed by atoms with Crippen LogP contribution in [0.3, 0.4) is 0 Å². The highest BCUT2D eigenvalue weighted by molar-refractivity contribution is 5.86. The number of ether oxygens (including phenoxy) is 2. The molecular formula is C26H35N7O7. The number of nitrogens with two attached hydrogens (primary N) is 1. The van der Waals surface area contributed by atoms with E-state index in [2.05, 4.69) is 20.3 Å². The summed E-state index contributed by atoms with van der Waals surface area (Å²) in [6, 6.07) is 0.0951. The first kappa shape index (κ1) is 26.8. The second kappa shape index (κ2) is 10.9. The Balaban J connectivity index is 1.03. The van der Waals surface area contributed by atoms with Crippen LogP contribution in [0.15, 0.2) is 6.33 Å². The number of carbonyl (C=O) groups is 3. The first-order valence-corrected chi connectivity index (χ1v) is 14.0. The number of piperidine rings is 1. The van der Waals surface area contributed by atoms with Crippen LogP contribution in [-0.4, -0.2) is 96.0 Å². The number of aliphatic hydroxyl groups is 2. The zero-order chi connectivity index (χ0) is 28.0. The summed E-state index contributed by atoms with van der Waals surface area (Å²) in [4.78, 5) is 50.9. The van der Waals surface area contributed by atoms with E-state index in [1.54, 1.807) is 4.90 Å². The van der Waals surface area contributed by atoms with Crippen molar-refractivity contribution in [2.45, 2.75) is 94.5 Å². The van der Waals surface area contributed by atoms with E-state index >= 15 is 0 Å². The van der Waals surface area contributed by atoms with Gasteiger partial charge in [-0.05, 0) is 44.4 Å². The van der Waals surface area contributed by atoms with Crippen LogP contribution in [0.2, 0.25) is 0 Å². The molecule has 14 nitrogen and oxygen atoms in total. The number of likely N-dealkylation sites (tertiary alicyclic amines) is 1. The van der Waals surface area contributed by atoms with Gasteiger partial charge >= 0.3 is 6.09 Å². The molecule has 4 aliphatic rings. The molecule has 6 rings (SSSR count). The van der Waals surface area contributed by atoms with Crippen molar-refractivity contribution in [3.8, 4) is 0 Å². The second-order valence-electron chi connectivity index (χ2n) is 11.3. The number of nitrogen functional groups attached to an aromatic ring is 1. The predicted octanol–water partition coefficient (Wildman–Crippen LogP) is 0.209. The van der Waals surface area contributed by atoms with E-state index in [0.29, 0.717) is 55.3 Å². The lowest BCUT2D eigenvalue weighted by Gasteiger charge is -2.33. The molecule has 2 aromatic heterocycles. The molecule has 4 fully saturated rings. The van der Waals surface area contributed by atoms with Gasteiger partial charge in [-0.1, -0.05) is 0 Å². The average molecular weight is 558 g/mol. The fourth-order valence-corrected chi connectivity index (χ4v) is 5.60. The molecule has 216 valence electrons. The van der Waals surface area contributed by atoms with Crippen molar-refractivity contribution in [3.63, 3.8) is 0 Å². The normalized spacial score (nSPS) is 27.6. The van der Waals surface area contributed by atoms with Crippen LogP contribution in [0.4, 0.5) is 10.6 Å². The maximum absolute atomic E-state index is 12.5. The molecule has 2 aliphatic carbocycles. The molecule has 0 radical (unpaired) electrons. The monoisotopic (exact) mass is 557 g/mol. The minimum Gasteiger partial charge on any atom is -0.445 e. The summed E-state index contributed by atoms with van der Waals surface area (Å²) in [5, 5.41) is 24.0. The van der Waals surface area contributed by atoms with Crippen molar-refractivity contribution in [1.82, 2.24) is 29.7 Å². The number of fused-ring (bicyclic) bond motifs is 1. The van der Waals surface area contributed by atoms with Gasteiger partial charge in [-0.15, -0.1) is 0 Å². The Morgan fingerprint density at radius 1 is 1.12 bits per heavy atom. The smallest absolute Gasteiger partial charge is 0.410 e. The van der Waals surface area contributed by atoms with Crippen LogP contribution in [0, 0.1) is 5.92 Å². The molecule has 0 spiro atoms. The van der Waals surface area contributed by atoms with Gasteiger partial charge in [0.15, 0.2) is 23.8 Å². The van der Waals surface area contributed by atoms with Crippen LogP contribution in [-0.2, 0) is 25.5 Å². The number of amides is 2. The maximum atomic E-state index is 12.5. The van der Waals surface area contributed by atoms with Gasteiger partial charge in [0.2, 0.25) is 0 Å². The van der Waals surface area contributed by atoms with Gasteiger partial charge in [0.1, 0.15) is 35.4 Å². The van der Waals surface area contributed by atoms with Gasteiger partial charge in [0.25, 0.3) is 5.91 Å². The highest BCUT2D eigenvalue weighted by atomic mass is 16.6. The van der Waals surface area contributed by atoms with Crippen molar-refractivity contribution in [2.75, 3.05) is 18.8 Å². The number of anilines is 1. The summed E-state index contributed by atoms with van der Waals surface area (Å²) >= 11 is 0. The van der Waals surface area contributed by atoms with E-state index in [9.17, 15) is 24.6 Å². The number of nitrogens with zero attached hydrogens (tertiary/aromatic N) is 5. The lowest BCUT2D eigenvalue weighted by molar-refractivity contribution is -0.137. The highest BCUT2D eigenvalue weighted by Crippen LogP contribution is 2.33. The number of Topliss-reactive ketones (excluding diaryl/α,β-unsaturated/α-hetero) is 1. The number of carbonyl (C=O) groups excluding carboxylic acids is 3. The molecule has 4 heterocycles. The predicted molar refractivity (Wildman–Crippen MR) is 139 cm³/mol. The molecule has 1 unspecified atom stereocenters. The Morgan fingerprint density at radius 3 is 2.58 bits per heavy atom. The fraction of sp³-hybridized carbons (Fsp3) is 0.692. The minimum absolute atomic E-state index is 0.0951. The SMILES string of the molecule is Nc1nc(CCCC2CCN(C(=O)OC3CC(=O)C3)CC2)nc2c1ncn2[C@@H]1O[C@H](C(=O)NC2CC2)[C@H](O)C1O. The quantitative estimate of drug-likeness (QED) is 0.346. The van der Waals surface area contributed by atoms with E-state index in [1.807, 2.05) is 0 Å². The van der Waals surface area contributed by atoms with Crippen molar-refractivity contribution < 1.29 is 34.1 Å². The summed E-state index contributed by atoms with van der Waals surface area (Å²) < 4.78 is 12.7. The lowest BCUT2D eigenvalue weighted by atomic mass is 9.91. The zero-order valence-electron chi connectivity index (χ0n) is 22.1. The van der Waals surface area contributed by atoms with Gasteiger partial charge < -0.3 is 35.6 Å². The first-order valence-electron chi connectivity index (χ1n) is 14.0. The maximum Gasteiger partial charge on any atom is 0.410 e. The largest absolute Gasteiger partial charge is 0.445 e. The van der Waals surface area contributed by atoms with Crippen molar-refractivity contribution in [3.05, 3.63) is 12.2 Å². The van der Waals surface area contributed by atoms with Crippen LogP contribution < -0.4 is 11.1 Å². The van der Waals surface area contributed by atoms with Crippen LogP contribution in [0.1, 0.15) is 63.4 Å². The van der Waals surface area contributed by atoms with Crippen molar-refractivity contribution in [2.24, 2.45) is 5.92 Å². The molecule has 0 bridgehead atoms. The highest BCUT2D eigenvalue weighted by Gasteiger charge is 2.48. The Kier molecular flexibility index (Phi) is 7.31. The van der Waals surface area contributed by atoms with Gasteiger partial charge in [-0.25, -0.2) is 19.7 Å². The third-order valence-electron chi connectivity index (χ3n) is 8.25. The summed E-state index contributed by atoms with van der Waals surface area (Å²) in [7, 11) is 0. The number of rotatable bonds is 8. The molecular weight excluding hydrogens is 522 g/mol. The number of imidazole rings is 1. The third-order valence-corrected chi connectivity index (χ3v) is 8.25. The van der Waals surface area contributed by atoms with Crippen molar-refractivity contribution in [1.29, 1.82) is 0 Å². The molecule has 2 amide bonds. The molecule has 2 aromatic rings. The number of hydrogen-bond acceptors (Lipinski definition) is 11. The summed E-state index contributed by atoms with van der Waals surface area (Å²) in [6.07, 6.45) is 2.36. The second-order valence-corrected chi connectivity index (χ2v) is 11.3. The van der Waals surface area contributed by atoms with Gasteiger partial charge in [-0.3, -0.25) is 14.2 Å². The Labute approximate surface area is 230 Å². The molecule has 2 saturated carbocycles. The minimum atomic E-state index is -1.39. The van der Waals surface area contributed by atoms with E-state index in [1.165, 1.54) is 10.9 Å². The summed E-state index contributed by atoms with van der Waals surface area (Å²) in [6.45, 7) is 1.27. The topological polar surface area (TPSA) is 195 Å². The Morgan fingerprint density at radius 2 is 1.88 bits per heavy atom. The summed E-state index contributed by atoms with van der Waals surface area (Å²) in [5.74, 6) is 0.876. The number of hydrogen-bond donors (Lipinski definition) is 4. The van der Waals surface area contributed by atoms with Crippen molar-refractivity contribution >= 4 is 34.8 Å². The molecule has 40 heavy (non-hydrogen) atoms. The van der Waals surface area contributed by atoms with E-state index in [-0.39, 0.29) is 29.8 Å². The number of aryl methyl sites for hydroxylation is 1. The zero-order valence-corrected chi connectivity index (χ0v) is 22.1. The molecule has 14 heteroatoms. The Hall–Kier alpha value is -3.36. The van der Waals surface area contributed by atoms with Gasteiger partial charge in [0, 0.05) is 38.4 Å². The number of aliphatic hydroxyl groups excluding tert-OH is 2. The standard InChI is InChI=1S/C26H35N7O7/c27-22-18-23(33(12-28-18)25-20(36)19(35)21(40-25)24(37)29-14-4-5-14)31-17(30-22)3-1-2-13-6-8-32(9-7-13)26(38)39-16-10-15(34)11-16/h12-14,16,19-21,25,35-36H,1-11H2,(H,29,37)(H2,27,30,31)/t19-,20?,21+,25-/m1/s1. The van der Waals surface area contributed by atoms with Crippen LogP contribution in [0.25, 0.3) is 11.2 Å². The Bertz CT molecular complexity index is 1280. The fourth-order valence-electron chi connectivity index (χ4n) is 5.60. The number of aromatic nitrogens is 4.